The molecule has 0 radical (unpaired) electrons. The molecule has 2 aromatic carbocycles. The SMILES string of the molecule is CC(C)(C)c1cccc(NC(=O)C2CCc3ccc(Oc4ccnc(CNC(=O)O)c4)cc3C2)c1. The third-order valence-corrected chi connectivity index (χ3v) is 6.22. The number of carbonyl (C=O) groups is 2. The van der Waals surface area contributed by atoms with Gasteiger partial charge in [-0.2, -0.15) is 0 Å². The summed E-state index contributed by atoms with van der Waals surface area (Å²) in [5, 5.41) is 14.2. The maximum atomic E-state index is 13.1. The molecule has 1 atom stereocenters. The third-order valence-electron chi connectivity index (χ3n) is 6.22. The fraction of sp³-hybridized carbons (Fsp3) is 0.321. The van der Waals surface area contributed by atoms with Crippen molar-refractivity contribution in [2.75, 3.05) is 5.32 Å². The highest BCUT2D eigenvalue weighted by Crippen LogP contribution is 2.32. The zero-order valence-corrected chi connectivity index (χ0v) is 20.3. The lowest BCUT2D eigenvalue weighted by Crippen LogP contribution is -2.28. The summed E-state index contributed by atoms with van der Waals surface area (Å²) in [6.45, 7) is 6.58. The van der Waals surface area contributed by atoms with Crippen LogP contribution in [0.5, 0.6) is 11.5 Å². The van der Waals surface area contributed by atoms with E-state index in [4.69, 9.17) is 9.84 Å². The number of rotatable bonds is 6. The van der Waals surface area contributed by atoms with Crippen molar-refractivity contribution in [2.45, 2.75) is 52.0 Å². The molecule has 0 spiro atoms. The molecule has 0 aliphatic heterocycles. The van der Waals surface area contributed by atoms with Crippen molar-refractivity contribution in [1.29, 1.82) is 0 Å². The molecular weight excluding hydrogens is 442 g/mol. The van der Waals surface area contributed by atoms with Gasteiger partial charge in [0, 0.05) is 23.9 Å². The first kappa shape index (κ1) is 24.3. The highest BCUT2D eigenvalue weighted by molar-refractivity contribution is 5.93. The van der Waals surface area contributed by atoms with Crippen LogP contribution in [0.15, 0.2) is 60.8 Å². The number of nitrogens with zero attached hydrogens (tertiary/aromatic N) is 1. The zero-order valence-electron chi connectivity index (χ0n) is 20.3. The number of pyridine rings is 1. The van der Waals surface area contributed by atoms with Gasteiger partial charge in [0.15, 0.2) is 0 Å². The van der Waals surface area contributed by atoms with E-state index in [9.17, 15) is 9.59 Å². The number of aryl methyl sites for hydroxylation is 1. The Morgan fingerprint density at radius 3 is 2.63 bits per heavy atom. The van der Waals surface area contributed by atoms with Gasteiger partial charge >= 0.3 is 6.09 Å². The summed E-state index contributed by atoms with van der Waals surface area (Å²) >= 11 is 0. The smallest absolute Gasteiger partial charge is 0.404 e. The van der Waals surface area contributed by atoms with Gasteiger partial charge in [0.05, 0.1) is 12.2 Å². The van der Waals surface area contributed by atoms with Crippen LogP contribution >= 0.6 is 0 Å². The molecule has 7 heteroatoms. The first-order chi connectivity index (χ1) is 16.7. The molecule has 3 N–H and O–H groups in total. The second kappa shape index (κ2) is 10.2. The molecule has 182 valence electrons. The number of hydrogen-bond donors (Lipinski definition) is 3. The van der Waals surface area contributed by atoms with Crippen LogP contribution in [0.4, 0.5) is 10.5 Å². The summed E-state index contributed by atoms with van der Waals surface area (Å²) in [4.78, 5) is 27.9. The highest BCUT2D eigenvalue weighted by atomic mass is 16.5. The number of amides is 2. The molecule has 0 saturated heterocycles. The molecule has 7 nitrogen and oxygen atoms in total. The minimum absolute atomic E-state index is 0.0171. The fourth-order valence-electron chi connectivity index (χ4n) is 4.25. The number of carbonyl (C=O) groups excluding carboxylic acids is 1. The summed E-state index contributed by atoms with van der Waals surface area (Å²) in [6.07, 6.45) is 2.79. The van der Waals surface area contributed by atoms with Gasteiger partial charge in [0.1, 0.15) is 11.5 Å². The molecule has 35 heavy (non-hydrogen) atoms. The van der Waals surface area contributed by atoms with Crippen molar-refractivity contribution < 1.29 is 19.4 Å². The first-order valence-corrected chi connectivity index (χ1v) is 11.8. The second-order valence-corrected chi connectivity index (χ2v) is 9.93. The van der Waals surface area contributed by atoms with Crippen LogP contribution in [0.2, 0.25) is 0 Å². The third kappa shape index (κ3) is 6.38. The molecule has 1 aliphatic carbocycles. The van der Waals surface area contributed by atoms with Crippen molar-refractivity contribution in [2.24, 2.45) is 5.92 Å². The largest absolute Gasteiger partial charge is 0.465 e. The standard InChI is InChI=1S/C28H31N3O4/c1-28(2,3)21-5-4-6-22(15-21)31-26(32)19-8-7-18-9-10-24(14-20(18)13-19)35-25-11-12-29-23(16-25)17-30-27(33)34/h4-6,9-12,14-16,19,30H,7-8,13,17H2,1-3H3,(H,31,32)(H,33,34). The van der Waals surface area contributed by atoms with Crippen LogP contribution in [-0.2, 0) is 29.6 Å². The van der Waals surface area contributed by atoms with E-state index in [1.807, 2.05) is 24.3 Å². The van der Waals surface area contributed by atoms with Gasteiger partial charge in [0.25, 0.3) is 0 Å². The topological polar surface area (TPSA) is 101 Å². The lowest BCUT2D eigenvalue weighted by atomic mass is 9.83. The quantitative estimate of drug-likeness (QED) is 0.427. The summed E-state index contributed by atoms with van der Waals surface area (Å²) in [5.41, 5.74) is 4.94. The van der Waals surface area contributed by atoms with E-state index in [-0.39, 0.29) is 23.8 Å². The van der Waals surface area contributed by atoms with Gasteiger partial charge in [0.2, 0.25) is 5.91 Å². The van der Waals surface area contributed by atoms with Crippen molar-refractivity contribution >= 4 is 17.7 Å². The van der Waals surface area contributed by atoms with Crippen LogP contribution in [0.1, 0.15) is 49.6 Å². The molecule has 1 unspecified atom stereocenters. The minimum Gasteiger partial charge on any atom is -0.465 e. The van der Waals surface area contributed by atoms with Crippen molar-refractivity contribution in [3.05, 3.63) is 83.2 Å². The van der Waals surface area contributed by atoms with Gasteiger partial charge in [-0.15, -0.1) is 0 Å². The first-order valence-electron chi connectivity index (χ1n) is 11.8. The zero-order chi connectivity index (χ0) is 25.0. The van der Waals surface area contributed by atoms with E-state index in [1.54, 1.807) is 18.3 Å². The summed E-state index contributed by atoms with van der Waals surface area (Å²) in [7, 11) is 0. The highest BCUT2D eigenvalue weighted by Gasteiger charge is 2.25. The molecule has 0 saturated carbocycles. The molecule has 0 fully saturated rings. The predicted octanol–water partition coefficient (Wildman–Crippen LogP) is 5.68. The van der Waals surface area contributed by atoms with Crippen LogP contribution in [0, 0.1) is 5.92 Å². The number of anilines is 1. The van der Waals surface area contributed by atoms with E-state index in [1.165, 1.54) is 11.1 Å². The Morgan fingerprint density at radius 2 is 1.86 bits per heavy atom. The van der Waals surface area contributed by atoms with E-state index in [0.717, 1.165) is 24.1 Å². The summed E-state index contributed by atoms with van der Waals surface area (Å²) < 4.78 is 6.01. The van der Waals surface area contributed by atoms with Gasteiger partial charge in [-0.1, -0.05) is 39.0 Å². The number of hydrogen-bond acceptors (Lipinski definition) is 4. The van der Waals surface area contributed by atoms with Crippen LogP contribution in [-0.4, -0.2) is 22.1 Å². The maximum absolute atomic E-state index is 13.1. The Morgan fingerprint density at radius 1 is 1.06 bits per heavy atom. The Hall–Kier alpha value is -3.87. The molecule has 1 aromatic heterocycles. The van der Waals surface area contributed by atoms with Gasteiger partial charge in [-0.3, -0.25) is 9.78 Å². The van der Waals surface area contributed by atoms with Gasteiger partial charge < -0.3 is 20.5 Å². The average molecular weight is 474 g/mol. The molecule has 0 bridgehead atoms. The number of fused-ring (bicyclic) bond motifs is 1. The van der Waals surface area contributed by atoms with E-state index >= 15 is 0 Å². The molecule has 2 amide bonds. The maximum Gasteiger partial charge on any atom is 0.404 e. The number of aromatic nitrogens is 1. The number of nitrogens with one attached hydrogen (secondary N) is 2. The van der Waals surface area contributed by atoms with E-state index in [2.05, 4.69) is 54.6 Å². The second-order valence-electron chi connectivity index (χ2n) is 9.93. The number of ether oxygens (including phenoxy) is 1. The Balaban J connectivity index is 1.43. The van der Waals surface area contributed by atoms with Crippen LogP contribution in [0.25, 0.3) is 0 Å². The lowest BCUT2D eigenvalue weighted by Gasteiger charge is -2.25. The van der Waals surface area contributed by atoms with E-state index < -0.39 is 6.09 Å². The molecule has 3 aromatic rings. The van der Waals surface area contributed by atoms with E-state index in [0.29, 0.717) is 23.6 Å². The number of carboxylic acid groups (broad SMARTS) is 1. The fourth-order valence-corrected chi connectivity index (χ4v) is 4.25. The molecule has 1 heterocycles. The number of benzene rings is 2. The van der Waals surface area contributed by atoms with Crippen molar-refractivity contribution in [3.63, 3.8) is 0 Å². The normalized spacial score (nSPS) is 15.1. The summed E-state index contributed by atoms with van der Waals surface area (Å²) in [5.74, 6) is 1.18. The molecule has 4 rings (SSSR count). The Bertz CT molecular complexity index is 1230. The van der Waals surface area contributed by atoms with Crippen LogP contribution in [0.3, 0.4) is 0 Å². The van der Waals surface area contributed by atoms with Crippen molar-refractivity contribution in [3.8, 4) is 11.5 Å². The van der Waals surface area contributed by atoms with Gasteiger partial charge in [-0.05, 0) is 71.7 Å². The van der Waals surface area contributed by atoms with Crippen LogP contribution < -0.4 is 15.4 Å². The Kier molecular flexibility index (Phi) is 7.05. The Labute approximate surface area is 205 Å². The lowest BCUT2D eigenvalue weighted by molar-refractivity contribution is -0.120. The minimum atomic E-state index is -1.10. The van der Waals surface area contributed by atoms with Crippen molar-refractivity contribution in [1.82, 2.24) is 10.3 Å². The average Bonchev–Trinajstić information content (AvgIpc) is 2.82. The molecule has 1 aliphatic rings. The summed E-state index contributed by atoms with van der Waals surface area (Å²) in [6, 6.07) is 17.5. The van der Waals surface area contributed by atoms with Gasteiger partial charge in [-0.25, -0.2) is 4.79 Å². The molecular formula is C28H31N3O4. The monoisotopic (exact) mass is 473 g/mol. The predicted molar refractivity (Wildman–Crippen MR) is 135 cm³/mol.